The summed E-state index contributed by atoms with van der Waals surface area (Å²) in [6, 6.07) is -0.117. The van der Waals surface area contributed by atoms with Crippen LogP contribution in [0.15, 0.2) is 5.38 Å². The van der Waals surface area contributed by atoms with E-state index in [2.05, 4.69) is 29.1 Å². The van der Waals surface area contributed by atoms with Crippen LogP contribution in [0.3, 0.4) is 0 Å². The van der Waals surface area contributed by atoms with Gasteiger partial charge in [-0.1, -0.05) is 13.8 Å². The van der Waals surface area contributed by atoms with Gasteiger partial charge in [0.1, 0.15) is 11.6 Å². The average Bonchev–Trinajstić information content (AvgIpc) is 2.96. The molecule has 0 saturated carbocycles. The SMILES string of the molecule is CC(C)c1nc(CN2CCC[C@H]2C(=O)OC(C)(C)C)cs1. The molecule has 5 heteroatoms. The average molecular weight is 310 g/mol. The van der Waals surface area contributed by atoms with Gasteiger partial charge in [-0.3, -0.25) is 9.69 Å². The third-order valence-electron chi connectivity index (χ3n) is 3.47. The molecule has 2 heterocycles. The number of nitrogens with zero attached hydrogens (tertiary/aromatic N) is 2. The van der Waals surface area contributed by atoms with Crippen molar-refractivity contribution >= 4 is 17.3 Å². The highest BCUT2D eigenvalue weighted by molar-refractivity contribution is 7.09. The Morgan fingerprint density at radius 1 is 1.52 bits per heavy atom. The van der Waals surface area contributed by atoms with Gasteiger partial charge < -0.3 is 4.74 Å². The first-order chi connectivity index (χ1) is 9.76. The Morgan fingerprint density at radius 3 is 2.81 bits per heavy atom. The van der Waals surface area contributed by atoms with Crippen molar-refractivity contribution in [2.75, 3.05) is 6.54 Å². The molecular formula is C16H26N2O2S. The summed E-state index contributed by atoms with van der Waals surface area (Å²) in [7, 11) is 0. The fourth-order valence-corrected chi connectivity index (χ4v) is 3.35. The molecule has 1 aromatic rings. The minimum atomic E-state index is -0.420. The predicted octanol–water partition coefficient (Wildman–Crippen LogP) is 3.57. The van der Waals surface area contributed by atoms with Crippen molar-refractivity contribution in [3.63, 3.8) is 0 Å². The van der Waals surface area contributed by atoms with Crippen LogP contribution in [0.2, 0.25) is 0 Å². The highest BCUT2D eigenvalue weighted by atomic mass is 32.1. The van der Waals surface area contributed by atoms with E-state index in [9.17, 15) is 4.79 Å². The van der Waals surface area contributed by atoms with Gasteiger partial charge >= 0.3 is 5.97 Å². The fourth-order valence-electron chi connectivity index (χ4n) is 2.52. The Balaban J connectivity index is 1.99. The second kappa shape index (κ2) is 6.44. The number of carbonyl (C=O) groups excluding carboxylic acids is 1. The van der Waals surface area contributed by atoms with Crippen LogP contribution in [-0.2, 0) is 16.1 Å². The molecule has 0 N–H and O–H groups in total. The lowest BCUT2D eigenvalue weighted by molar-refractivity contribution is -0.160. The van der Waals surface area contributed by atoms with E-state index in [1.54, 1.807) is 11.3 Å². The molecule has 1 aliphatic rings. The Kier molecular flexibility index (Phi) is 5.04. The number of thiazole rings is 1. The van der Waals surface area contributed by atoms with Crippen LogP contribution >= 0.6 is 11.3 Å². The molecule has 1 fully saturated rings. The zero-order chi connectivity index (χ0) is 15.6. The summed E-state index contributed by atoms with van der Waals surface area (Å²) < 4.78 is 5.53. The van der Waals surface area contributed by atoms with Crippen LogP contribution in [0.25, 0.3) is 0 Å². The van der Waals surface area contributed by atoms with E-state index in [0.717, 1.165) is 36.6 Å². The maximum Gasteiger partial charge on any atom is 0.323 e. The van der Waals surface area contributed by atoms with Crippen molar-refractivity contribution < 1.29 is 9.53 Å². The van der Waals surface area contributed by atoms with Gasteiger partial charge in [-0.15, -0.1) is 11.3 Å². The van der Waals surface area contributed by atoms with Gasteiger partial charge in [-0.25, -0.2) is 4.98 Å². The molecule has 1 saturated heterocycles. The van der Waals surface area contributed by atoms with Gasteiger partial charge in [0.25, 0.3) is 0 Å². The Bertz CT molecular complexity index is 491. The van der Waals surface area contributed by atoms with Gasteiger partial charge in [0, 0.05) is 17.8 Å². The summed E-state index contributed by atoms with van der Waals surface area (Å²) in [6.07, 6.45) is 1.93. The largest absolute Gasteiger partial charge is 0.459 e. The molecule has 0 aliphatic carbocycles. The third-order valence-corrected chi connectivity index (χ3v) is 4.67. The summed E-state index contributed by atoms with van der Waals surface area (Å²) in [5, 5.41) is 3.28. The molecule has 0 radical (unpaired) electrons. The summed E-state index contributed by atoms with van der Waals surface area (Å²) in [5.41, 5.74) is 0.649. The van der Waals surface area contributed by atoms with Gasteiger partial charge in [-0.05, 0) is 40.2 Å². The zero-order valence-corrected chi connectivity index (χ0v) is 14.5. The lowest BCUT2D eigenvalue weighted by atomic mass is 10.1. The molecule has 2 rings (SSSR count). The molecule has 1 aliphatic heterocycles. The second-order valence-electron chi connectivity index (χ2n) is 6.99. The number of hydrogen-bond donors (Lipinski definition) is 0. The van der Waals surface area contributed by atoms with Gasteiger partial charge in [0.2, 0.25) is 0 Å². The van der Waals surface area contributed by atoms with Crippen LogP contribution in [0.4, 0.5) is 0 Å². The van der Waals surface area contributed by atoms with Crippen molar-refractivity contribution in [1.29, 1.82) is 0 Å². The van der Waals surface area contributed by atoms with Crippen LogP contribution in [-0.4, -0.2) is 34.0 Å². The van der Waals surface area contributed by atoms with Gasteiger partial charge in [0.15, 0.2) is 0 Å². The molecule has 4 nitrogen and oxygen atoms in total. The number of likely N-dealkylation sites (tertiary alicyclic amines) is 1. The van der Waals surface area contributed by atoms with E-state index < -0.39 is 5.60 Å². The quantitative estimate of drug-likeness (QED) is 0.797. The summed E-state index contributed by atoms with van der Waals surface area (Å²) in [4.78, 5) is 19.2. The van der Waals surface area contributed by atoms with Crippen molar-refractivity contribution in [2.45, 2.75) is 71.6 Å². The lowest BCUT2D eigenvalue weighted by Crippen LogP contribution is -2.40. The van der Waals surface area contributed by atoms with Crippen molar-refractivity contribution in [3.05, 3.63) is 16.1 Å². The normalized spacial score (nSPS) is 20.2. The number of aromatic nitrogens is 1. The molecule has 118 valence electrons. The zero-order valence-electron chi connectivity index (χ0n) is 13.7. The monoisotopic (exact) mass is 310 g/mol. The molecule has 0 spiro atoms. The highest BCUT2D eigenvalue weighted by Gasteiger charge is 2.34. The number of hydrogen-bond acceptors (Lipinski definition) is 5. The van der Waals surface area contributed by atoms with E-state index in [4.69, 9.17) is 4.74 Å². The second-order valence-corrected chi connectivity index (χ2v) is 7.88. The van der Waals surface area contributed by atoms with Gasteiger partial charge in [0.05, 0.1) is 10.7 Å². The maximum absolute atomic E-state index is 12.3. The van der Waals surface area contributed by atoms with Crippen LogP contribution in [0, 0.1) is 0 Å². The maximum atomic E-state index is 12.3. The number of esters is 1. The highest BCUT2D eigenvalue weighted by Crippen LogP contribution is 2.25. The molecule has 21 heavy (non-hydrogen) atoms. The molecule has 1 atom stereocenters. The lowest BCUT2D eigenvalue weighted by Gasteiger charge is -2.26. The molecule has 0 bridgehead atoms. The Morgan fingerprint density at radius 2 is 2.24 bits per heavy atom. The topological polar surface area (TPSA) is 42.4 Å². The summed E-state index contributed by atoms with van der Waals surface area (Å²) >= 11 is 1.71. The molecular weight excluding hydrogens is 284 g/mol. The van der Waals surface area contributed by atoms with Crippen LogP contribution in [0.1, 0.15) is 64.1 Å². The van der Waals surface area contributed by atoms with E-state index in [-0.39, 0.29) is 12.0 Å². The Labute approximate surface area is 131 Å². The minimum absolute atomic E-state index is 0.0979. The van der Waals surface area contributed by atoms with E-state index in [1.165, 1.54) is 0 Å². The van der Waals surface area contributed by atoms with Crippen LogP contribution < -0.4 is 0 Å². The first-order valence-corrected chi connectivity index (χ1v) is 8.55. The first-order valence-electron chi connectivity index (χ1n) is 7.67. The molecule has 0 aromatic carbocycles. The molecule has 0 unspecified atom stereocenters. The standard InChI is InChI=1S/C16H26N2O2S/c1-11(2)14-17-12(10-21-14)9-18-8-6-7-13(18)15(19)20-16(3,4)5/h10-11,13H,6-9H2,1-5H3/t13-/m0/s1. The van der Waals surface area contributed by atoms with E-state index in [0.29, 0.717) is 5.92 Å². The smallest absolute Gasteiger partial charge is 0.323 e. The van der Waals surface area contributed by atoms with Crippen molar-refractivity contribution in [3.8, 4) is 0 Å². The van der Waals surface area contributed by atoms with Crippen molar-refractivity contribution in [2.24, 2.45) is 0 Å². The fraction of sp³-hybridized carbons (Fsp3) is 0.750. The third kappa shape index (κ3) is 4.51. The molecule has 1 aromatic heterocycles. The number of rotatable bonds is 4. The Hall–Kier alpha value is -0.940. The van der Waals surface area contributed by atoms with Crippen LogP contribution in [0.5, 0.6) is 0 Å². The minimum Gasteiger partial charge on any atom is -0.459 e. The summed E-state index contributed by atoms with van der Waals surface area (Å²) in [5.74, 6) is 0.364. The first kappa shape index (κ1) is 16.4. The van der Waals surface area contributed by atoms with E-state index >= 15 is 0 Å². The van der Waals surface area contributed by atoms with Crippen molar-refractivity contribution in [1.82, 2.24) is 9.88 Å². The van der Waals surface area contributed by atoms with Gasteiger partial charge in [-0.2, -0.15) is 0 Å². The predicted molar refractivity (Wildman–Crippen MR) is 85.5 cm³/mol. The number of carbonyl (C=O) groups is 1. The summed E-state index contributed by atoms with van der Waals surface area (Å²) in [6.45, 7) is 11.7. The number of ether oxygens (including phenoxy) is 1. The van der Waals surface area contributed by atoms with E-state index in [1.807, 2.05) is 20.8 Å². The molecule has 0 amide bonds.